The smallest absolute Gasteiger partial charge is 0.253 e. The minimum absolute atomic E-state index is 0.00338. The number of nitrogens with one attached hydrogen (secondary N) is 1. The summed E-state index contributed by atoms with van der Waals surface area (Å²) in [6.07, 6.45) is 0.327. The highest BCUT2D eigenvalue weighted by Gasteiger charge is 2.39. The first-order valence-electron chi connectivity index (χ1n) is 5.67. The van der Waals surface area contributed by atoms with E-state index in [0.29, 0.717) is 12.0 Å². The summed E-state index contributed by atoms with van der Waals surface area (Å²) >= 11 is 5.00. The molecule has 5 nitrogen and oxygen atoms in total. The van der Waals surface area contributed by atoms with Crippen molar-refractivity contribution < 1.29 is 14.4 Å². The molecule has 2 rings (SSSR count). The van der Waals surface area contributed by atoms with Crippen LogP contribution >= 0.6 is 12.2 Å². The van der Waals surface area contributed by atoms with Gasteiger partial charge in [-0.2, -0.15) is 0 Å². The monoisotopic (exact) mass is 276 g/mol. The molecule has 98 valence electrons. The Morgan fingerprint density at radius 1 is 1.26 bits per heavy atom. The molecule has 0 aliphatic carbocycles. The Morgan fingerprint density at radius 2 is 1.95 bits per heavy atom. The van der Waals surface area contributed by atoms with Crippen molar-refractivity contribution in [1.29, 1.82) is 0 Å². The Bertz CT molecular complexity index is 598. The maximum absolute atomic E-state index is 12.1. The van der Waals surface area contributed by atoms with Crippen LogP contribution in [0, 0.1) is 19.8 Å². The van der Waals surface area contributed by atoms with Crippen LogP contribution in [0.1, 0.15) is 11.1 Å². The van der Waals surface area contributed by atoms with E-state index in [1.54, 1.807) is 12.1 Å². The SMILES string of the molecule is Cc1ccc(N2C(=O)[C@@H](C=O)C(=O)NC2=S)cc1C. The Kier molecular flexibility index (Phi) is 3.44. The van der Waals surface area contributed by atoms with Gasteiger partial charge in [0.2, 0.25) is 5.91 Å². The van der Waals surface area contributed by atoms with Crippen molar-refractivity contribution in [3.05, 3.63) is 29.3 Å². The van der Waals surface area contributed by atoms with Gasteiger partial charge < -0.3 is 10.1 Å². The van der Waals surface area contributed by atoms with Crippen LogP contribution in [-0.4, -0.2) is 23.2 Å². The van der Waals surface area contributed by atoms with E-state index >= 15 is 0 Å². The van der Waals surface area contributed by atoms with E-state index in [4.69, 9.17) is 12.2 Å². The number of nitrogens with zero attached hydrogens (tertiary/aromatic N) is 1. The van der Waals surface area contributed by atoms with Gasteiger partial charge in [-0.1, -0.05) is 6.07 Å². The van der Waals surface area contributed by atoms with Crippen LogP contribution in [0.4, 0.5) is 5.69 Å². The predicted octanol–water partition coefficient (Wildman–Crippen LogP) is 0.866. The van der Waals surface area contributed by atoms with Crippen molar-refractivity contribution in [2.45, 2.75) is 13.8 Å². The third-order valence-electron chi connectivity index (χ3n) is 3.09. The lowest BCUT2D eigenvalue weighted by Crippen LogP contribution is -2.58. The third kappa shape index (κ3) is 2.26. The molecular formula is C13H12N2O3S. The normalized spacial score (nSPS) is 19.4. The van der Waals surface area contributed by atoms with E-state index in [0.717, 1.165) is 11.1 Å². The number of anilines is 1. The third-order valence-corrected chi connectivity index (χ3v) is 3.37. The lowest BCUT2D eigenvalue weighted by Gasteiger charge is -2.30. The molecule has 1 heterocycles. The molecule has 1 saturated heterocycles. The number of carbonyl (C=O) groups excluding carboxylic acids is 3. The van der Waals surface area contributed by atoms with Gasteiger partial charge in [0, 0.05) is 0 Å². The zero-order valence-electron chi connectivity index (χ0n) is 10.5. The number of hydrogen-bond acceptors (Lipinski definition) is 4. The van der Waals surface area contributed by atoms with Crippen molar-refractivity contribution in [3.8, 4) is 0 Å². The predicted molar refractivity (Wildman–Crippen MR) is 73.7 cm³/mol. The van der Waals surface area contributed by atoms with Gasteiger partial charge in [-0.05, 0) is 49.3 Å². The molecule has 1 atom stereocenters. The number of aryl methyl sites for hydroxylation is 2. The van der Waals surface area contributed by atoms with Gasteiger partial charge >= 0.3 is 0 Å². The maximum atomic E-state index is 12.1. The van der Waals surface area contributed by atoms with Gasteiger partial charge in [0.15, 0.2) is 11.0 Å². The second kappa shape index (κ2) is 4.89. The summed E-state index contributed by atoms with van der Waals surface area (Å²) in [5, 5.41) is 2.36. The molecule has 0 saturated carbocycles. The summed E-state index contributed by atoms with van der Waals surface area (Å²) in [5.74, 6) is -2.63. The first-order chi connectivity index (χ1) is 8.95. The fraction of sp³-hybridized carbons (Fsp3) is 0.231. The number of rotatable bonds is 2. The van der Waals surface area contributed by atoms with Crippen molar-refractivity contribution in [1.82, 2.24) is 5.32 Å². The van der Waals surface area contributed by atoms with Crippen LogP contribution in [0.25, 0.3) is 0 Å². The molecule has 2 amide bonds. The summed E-state index contributed by atoms with van der Waals surface area (Å²) in [6.45, 7) is 3.86. The maximum Gasteiger partial charge on any atom is 0.253 e. The highest BCUT2D eigenvalue weighted by atomic mass is 32.1. The van der Waals surface area contributed by atoms with E-state index in [1.807, 2.05) is 19.9 Å². The fourth-order valence-electron chi connectivity index (χ4n) is 1.82. The summed E-state index contributed by atoms with van der Waals surface area (Å²) in [6, 6.07) is 5.37. The van der Waals surface area contributed by atoms with Crippen LogP contribution < -0.4 is 10.2 Å². The molecule has 0 spiro atoms. The molecular weight excluding hydrogens is 264 g/mol. The lowest BCUT2D eigenvalue weighted by atomic mass is 10.0. The van der Waals surface area contributed by atoms with E-state index in [1.165, 1.54) is 4.90 Å². The van der Waals surface area contributed by atoms with Gasteiger partial charge in [0.25, 0.3) is 5.91 Å². The molecule has 0 unspecified atom stereocenters. The Hall–Kier alpha value is -2.08. The average Bonchev–Trinajstić information content (AvgIpc) is 2.33. The van der Waals surface area contributed by atoms with Crippen LogP contribution in [0.2, 0.25) is 0 Å². The number of carbonyl (C=O) groups is 3. The fourth-order valence-corrected chi connectivity index (χ4v) is 2.12. The topological polar surface area (TPSA) is 66.5 Å². The molecule has 1 N–H and O–H groups in total. The average molecular weight is 276 g/mol. The molecule has 19 heavy (non-hydrogen) atoms. The molecule has 0 radical (unpaired) electrons. The van der Waals surface area contributed by atoms with E-state index in [2.05, 4.69) is 5.32 Å². The summed E-state index contributed by atoms with van der Waals surface area (Å²) in [7, 11) is 0. The standard InChI is InChI=1S/C13H12N2O3S/c1-7-3-4-9(5-8(7)2)15-12(18)10(6-16)11(17)14-13(15)19/h3-6,10H,1-2H3,(H,14,17,19)/t10-/m0/s1. The highest BCUT2D eigenvalue weighted by molar-refractivity contribution is 7.80. The van der Waals surface area contributed by atoms with Crippen molar-refractivity contribution >= 4 is 41.1 Å². The minimum atomic E-state index is -1.34. The Labute approximate surface area is 115 Å². The van der Waals surface area contributed by atoms with Crippen molar-refractivity contribution in [2.75, 3.05) is 4.90 Å². The second-order valence-corrected chi connectivity index (χ2v) is 4.74. The largest absolute Gasteiger partial charge is 0.302 e. The molecule has 1 aromatic rings. The summed E-state index contributed by atoms with van der Waals surface area (Å²) in [4.78, 5) is 35.6. The van der Waals surface area contributed by atoms with Crippen LogP contribution in [0.15, 0.2) is 18.2 Å². The van der Waals surface area contributed by atoms with Gasteiger partial charge in [0.05, 0.1) is 5.69 Å². The quantitative estimate of drug-likeness (QED) is 0.494. The van der Waals surface area contributed by atoms with Gasteiger partial charge in [0.1, 0.15) is 6.29 Å². The van der Waals surface area contributed by atoms with Gasteiger partial charge in [-0.15, -0.1) is 0 Å². The van der Waals surface area contributed by atoms with Crippen LogP contribution in [0.5, 0.6) is 0 Å². The van der Waals surface area contributed by atoms with Crippen molar-refractivity contribution in [2.24, 2.45) is 5.92 Å². The highest BCUT2D eigenvalue weighted by Crippen LogP contribution is 2.22. The van der Waals surface area contributed by atoms with E-state index < -0.39 is 17.7 Å². The van der Waals surface area contributed by atoms with Crippen LogP contribution in [-0.2, 0) is 14.4 Å². The second-order valence-electron chi connectivity index (χ2n) is 4.35. The van der Waals surface area contributed by atoms with Gasteiger partial charge in [-0.25, -0.2) is 0 Å². The number of hydrogen-bond donors (Lipinski definition) is 1. The molecule has 0 bridgehead atoms. The molecule has 1 aliphatic heterocycles. The molecule has 1 aromatic carbocycles. The first kappa shape index (κ1) is 13.4. The van der Waals surface area contributed by atoms with E-state index in [-0.39, 0.29) is 5.11 Å². The van der Waals surface area contributed by atoms with Crippen molar-refractivity contribution in [3.63, 3.8) is 0 Å². The zero-order chi connectivity index (χ0) is 14.2. The van der Waals surface area contributed by atoms with Gasteiger partial charge in [-0.3, -0.25) is 14.5 Å². The lowest BCUT2D eigenvalue weighted by molar-refractivity contribution is -0.136. The number of amides is 2. The number of thiocarbonyl (C=S) groups is 1. The summed E-state index contributed by atoms with van der Waals surface area (Å²) in [5.41, 5.74) is 2.62. The zero-order valence-corrected chi connectivity index (χ0v) is 11.3. The molecule has 6 heteroatoms. The summed E-state index contributed by atoms with van der Waals surface area (Å²) < 4.78 is 0. The van der Waals surface area contributed by atoms with E-state index in [9.17, 15) is 14.4 Å². The first-order valence-corrected chi connectivity index (χ1v) is 6.08. The van der Waals surface area contributed by atoms with Crippen LogP contribution in [0.3, 0.4) is 0 Å². The Balaban J connectivity index is 2.44. The number of benzene rings is 1. The Morgan fingerprint density at radius 3 is 2.53 bits per heavy atom. The molecule has 1 aliphatic rings. The minimum Gasteiger partial charge on any atom is -0.302 e. The number of aldehydes is 1. The molecule has 0 aromatic heterocycles. The molecule has 1 fully saturated rings.